The number of anilines is 1. The van der Waals surface area contributed by atoms with Crippen molar-refractivity contribution in [2.45, 2.75) is 31.7 Å². The summed E-state index contributed by atoms with van der Waals surface area (Å²) in [6.07, 6.45) is 7.66. The highest BCUT2D eigenvalue weighted by Crippen LogP contribution is 2.20. The molecule has 7 heteroatoms. The molecule has 2 aliphatic rings. The largest absolute Gasteiger partial charge is 0.459 e. The van der Waals surface area contributed by atoms with E-state index in [9.17, 15) is 9.59 Å². The van der Waals surface area contributed by atoms with Crippen LogP contribution in [0.4, 0.5) is 5.69 Å². The molecule has 0 aromatic carbocycles. The molecular formula is C20H24N4O3. The third-order valence-corrected chi connectivity index (χ3v) is 5.33. The van der Waals surface area contributed by atoms with Gasteiger partial charge in [-0.05, 0) is 37.1 Å². The molecule has 0 atom stereocenters. The smallest absolute Gasteiger partial charge is 0.289 e. The molecule has 2 amide bonds. The molecule has 1 N–H and O–H groups in total. The molecule has 1 aliphatic carbocycles. The number of nitrogens with one attached hydrogen (secondary N) is 1. The van der Waals surface area contributed by atoms with Gasteiger partial charge in [0.15, 0.2) is 5.76 Å². The zero-order valence-corrected chi connectivity index (χ0v) is 15.3. The van der Waals surface area contributed by atoms with E-state index in [0.29, 0.717) is 37.6 Å². The Labute approximate surface area is 158 Å². The van der Waals surface area contributed by atoms with Gasteiger partial charge in [-0.15, -0.1) is 0 Å². The van der Waals surface area contributed by atoms with Gasteiger partial charge in [0.05, 0.1) is 6.26 Å². The highest BCUT2D eigenvalue weighted by Gasteiger charge is 2.24. The van der Waals surface area contributed by atoms with Gasteiger partial charge in [-0.25, -0.2) is 0 Å². The molecule has 4 rings (SSSR count). The van der Waals surface area contributed by atoms with Gasteiger partial charge in [0.1, 0.15) is 5.69 Å². The van der Waals surface area contributed by atoms with E-state index in [1.165, 1.54) is 19.1 Å². The van der Waals surface area contributed by atoms with E-state index < -0.39 is 0 Å². The van der Waals surface area contributed by atoms with Crippen LogP contribution in [-0.2, 0) is 0 Å². The first-order valence-electron chi connectivity index (χ1n) is 9.55. The van der Waals surface area contributed by atoms with Crippen molar-refractivity contribution in [2.75, 3.05) is 31.1 Å². The molecule has 1 saturated carbocycles. The Hall–Kier alpha value is -2.83. The van der Waals surface area contributed by atoms with E-state index in [1.807, 2.05) is 12.1 Å². The van der Waals surface area contributed by atoms with Crippen molar-refractivity contribution in [2.24, 2.45) is 0 Å². The van der Waals surface area contributed by atoms with E-state index in [2.05, 4.69) is 15.2 Å². The fraction of sp³-hybridized carbons (Fsp3) is 0.450. The summed E-state index contributed by atoms with van der Waals surface area (Å²) >= 11 is 0. The van der Waals surface area contributed by atoms with Crippen LogP contribution < -0.4 is 10.2 Å². The number of hydrogen-bond donors (Lipinski definition) is 1. The zero-order chi connectivity index (χ0) is 18.6. The van der Waals surface area contributed by atoms with Gasteiger partial charge < -0.3 is 19.5 Å². The standard InChI is InChI=1S/C20H24N4O3/c25-19(22-15-4-1-2-5-15)17-14-16(7-8-21-17)23-9-11-24(12-10-23)20(26)18-6-3-13-27-18/h3,6-8,13-15H,1-2,4-5,9-12H2,(H,22,25). The lowest BCUT2D eigenvalue weighted by atomic mass is 10.2. The SMILES string of the molecule is O=C(NC1CCCC1)c1cc(N2CCN(C(=O)c3ccco3)CC2)ccn1. The van der Waals surface area contributed by atoms with Crippen molar-refractivity contribution < 1.29 is 14.0 Å². The highest BCUT2D eigenvalue weighted by molar-refractivity contribution is 5.93. The average molecular weight is 368 g/mol. The molecule has 3 heterocycles. The number of carbonyl (C=O) groups excluding carboxylic acids is 2. The Morgan fingerprint density at radius 2 is 1.89 bits per heavy atom. The minimum absolute atomic E-state index is 0.0778. The van der Waals surface area contributed by atoms with Crippen LogP contribution in [0.2, 0.25) is 0 Å². The predicted molar refractivity (Wildman–Crippen MR) is 101 cm³/mol. The zero-order valence-electron chi connectivity index (χ0n) is 15.3. The summed E-state index contributed by atoms with van der Waals surface area (Å²) in [5, 5.41) is 3.08. The van der Waals surface area contributed by atoms with Crippen LogP contribution in [0.15, 0.2) is 41.1 Å². The lowest BCUT2D eigenvalue weighted by molar-refractivity contribution is 0.0714. The van der Waals surface area contributed by atoms with Crippen molar-refractivity contribution in [3.63, 3.8) is 0 Å². The van der Waals surface area contributed by atoms with Crippen molar-refractivity contribution in [1.82, 2.24) is 15.2 Å². The first kappa shape index (κ1) is 17.6. The molecule has 2 aromatic heterocycles. The van der Waals surface area contributed by atoms with Crippen LogP contribution in [0.25, 0.3) is 0 Å². The lowest BCUT2D eigenvalue weighted by Gasteiger charge is -2.35. The minimum atomic E-state index is -0.101. The molecule has 27 heavy (non-hydrogen) atoms. The fourth-order valence-corrected chi connectivity index (χ4v) is 3.79. The van der Waals surface area contributed by atoms with Gasteiger partial charge in [-0.3, -0.25) is 14.6 Å². The number of amides is 2. The number of piperazine rings is 1. The first-order chi connectivity index (χ1) is 13.2. The number of furan rings is 1. The van der Waals surface area contributed by atoms with Crippen molar-refractivity contribution in [1.29, 1.82) is 0 Å². The Morgan fingerprint density at radius 3 is 2.59 bits per heavy atom. The summed E-state index contributed by atoms with van der Waals surface area (Å²) in [7, 11) is 0. The summed E-state index contributed by atoms with van der Waals surface area (Å²) in [6, 6.07) is 7.44. The first-order valence-corrected chi connectivity index (χ1v) is 9.55. The quantitative estimate of drug-likeness (QED) is 0.896. The molecule has 1 aliphatic heterocycles. The molecular weight excluding hydrogens is 344 g/mol. The molecule has 0 radical (unpaired) electrons. The third kappa shape index (κ3) is 3.97. The van der Waals surface area contributed by atoms with E-state index in [-0.39, 0.29) is 17.9 Å². The predicted octanol–water partition coefficient (Wildman–Crippen LogP) is 2.31. The normalized spacial score (nSPS) is 17.9. The molecule has 0 bridgehead atoms. The summed E-state index contributed by atoms with van der Waals surface area (Å²) < 4.78 is 5.20. The van der Waals surface area contributed by atoms with E-state index in [1.54, 1.807) is 23.2 Å². The number of aromatic nitrogens is 1. The molecule has 2 fully saturated rings. The average Bonchev–Trinajstić information content (AvgIpc) is 3.42. The monoisotopic (exact) mass is 368 g/mol. The molecule has 0 unspecified atom stereocenters. The lowest BCUT2D eigenvalue weighted by Crippen LogP contribution is -2.48. The van der Waals surface area contributed by atoms with Crippen LogP contribution in [0.5, 0.6) is 0 Å². The van der Waals surface area contributed by atoms with Gasteiger partial charge in [-0.2, -0.15) is 0 Å². The summed E-state index contributed by atoms with van der Waals surface area (Å²) in [6.45, 7) is 2.65. The van der Waals surface area contributed by atoms with Crippen molar-refractivity contribution in [3.8, 4) is 0 Å². The van der Waals surface area contributed by atoms with E-state index >= 15 is 0 Å². The summed E-state index contributed by atoms with van der Waals surface area (Å²) in [5.41, 5.74) is 1.42. The number of carbonyl (C=O) groups is 2. The Bertz CT molecular complexity index is 791. The second-order valence-corrected chi connectivity index (χ2v) is 7.11. The van der Waals surface area contributed by atoms with Crippen LogP contribution >= 0.6 is 0 Å². The summed E-state index contributed by atoms with van der Waals surface area (Å²) in [5.74, 6) is 0.194. The molecule has 142 valence electrons. The van der Waals surface area contributed by atoms with Crippen molar-refractivity contribution >= 4 is 17.5 Å². The second kappa shape index (κ2) is 7.82. The maximum Gasteiger partial charge on any atom is 0.289 e. The van der Waals surface area contributed by atoms with Crippen LogP contribution in [0, 0.1) is 0 Å². The number of hydrogen-bond acceptors (Lipinski definition) is 5. The topological polar surface area (TPSA) is 78.7 Å². The fourth-order valence-electron chi connectivity index (χ4n) is 3.79. The number of nitrogens with zero attached hydrogens (tertiary/aromatic N) is 3. The van der Waals surface area contributed by atoms with Crippen LogP contribution in [0.3, 0.4) is 0 Å². The number of rotatable bonds is 4. The maximum absolute atomic E-state index is 12.5. The molecule has 7 nitrogen and oxygen atoms in total. The Morgan fingerprint density at radius 1 is 1.11 bits per heavy atom. The van der Waals surface area contributed by atoms with Crippen LogP contribution in [-0.4, -0.2) is 53.9 Å². The molecule has 2 aromatic rings. The van der Waals surface area contributed by atoms with E-state index in [0.717, 1.165) is 18.5 Å². The maximum atomic E-state index is 12.5. The third-order valence-electron chi connectivity index (χ3n) is 5.33. The van der Waals surface area contributed by atoms with Gasteiger partial charge in [0.2, 0.25) is 0 Å². The highest BCUT2D eigenvalue weighted by atomic mass is 16.3. The number of pyridine rings is 1. The minimum Gasteiger partial charge on any atom is -0.459 e. The Balaban J connectivity index is 1.37. The van der Waals surface area contributed by atoms with Gasteiger partial charge >= 0.3 is 0 Å². The summed E-state index contributed by atoms with van der Waals surface area (Å²) in [4.78, 5) is 33.0. The van der Waals surface area contributed by atoms with E-state index in [4.69, 9.17) is 4.42 Å². The van der Waals surface area contributed by atoms with Crippen molar-refractivity contribution in [3.05, 3.63) is 48.2 Å². The van der Waals surface area contributed by atoms with Gasteiger partial charge in [-0.1, -0.05) is 12.8 Å². The van der Waals surface area contributed by atoms with Crippen LogP contribution in [0.1, 0.15) is 46.7 Å². The molecule has 0 spiro atoms. The van der Waals surface area contributed by atoms with Gasteiger partial charge in [0.25, 0.3) is 11.8 Å². The Kier molecular flexibility index (Phi) is 5.09. The molecule has 1 saturated heterocycles. The van der Waals surface area contributed by atoms with Gasteiger partial charge in [0, 0.05) is 44.1 Å². The second-order valence-electron chi connectivity index (χ2n) is 7.11.